The SMILES string of the molecule is NC(=O)c1ccc(C[C@H]2CN(c3ccc(-n4ccccc4=O)cc3)C(=O)O2)s1. The van der Waals surface area contributed by atoms with Crippen LogP contribution in [0.2, 0.25) is 0 Å². The normalized spacial score (nSPS) is 16.2. The number of nitrogens with zero attached hydrogens (tertiary/aromatic N) is 2. The summed E-state index contributed by atoms with van der Waals surface area (Å²) < 4.78 is 6.99. The van der Waals surface area contributed by atoms with Gasteiger partial charge in [-0.1, -0.05) is 6.07 Å². The van der Waals surface area contributed by atoms with Crippen molar-refractivity contribution in [1.82, 2.24) is 4.57 Å². The van der Waals surface area contributed by atoms with Crippen molar-refractivity contribution in [3.8, 4) is 5.69 Å². The number of carbonyl (C=O) groups is 2. The molecule has 2 amide bonds. The van der Waals surface area contributed by atoms with Crippen LogP contribution in [0.15, 0.2) is 65.6 Å². The van der Waals surface area contributed by atoms with Crippen LogP contribution in [0.3, 0.4) is 0 Å². The van der Waals surface area contributed by atoms with Crippen molar-refractivity contribution in [1.29, 1.82) is 0 Å². The number of nitrogens with two attached hydrogens (primary N) is 1. The summed E-state index contributed by atoms with van der Waals surface area (Å²) in [6, 6.07) is 15.6. The Morgan fingerprint density at radius 1 is 1.07 bits per heavy atom. The van der Waals surface area contributed by atoms with Gasteiger partial charge in [-0.15, -0.1) is 11.3 Å². The Balaban J connectivity index is 1.47. The monoisotopic (exact) mass is 395 g/mol. The molecule has 1 aromatic carbocycles. The molecule has 4 rings (SSSR count). The first-order valence-corrected chi connectivity index (χ1v) is 9.48. The van der Waals surface area contributed by atoms with Crippen LogP contribution < -0.4 is 16.2 Å². The van der Waals surface area contributed by atoms with E-state index in [1.54, 1.807) is 53.6 Å². The third kappa shape index (κ3) is 3.54. The number of aromatic nitrogens is 1. The fourth-order valence-corrected chi connectivity index (χ4v) is 4.04. The molecular formula is C20H17N3O4S. The zero-order chi connectivity index (χ0) is 19.7. The van der Waals surface area contributed by atoms with Crippen LogP contribution in [0, 0.1) is 0 Å². The molecule has 1 fully saturated rings. The van der Waals surface area contributed by atoms with Gasteiger partial charge in [0.25, 0.3) is 11.5 Å². The standard InChI is InChI=1S/C20H17N3O4S/c21-19(25)17-9-8-16(28-17)11-15-12-23(20(26)27-15)14-6-4-13(5-7-14)22-10-2-1-3-18(22)24/h1-10,15H,11-12H2,(H2,21,25)/t15-/m0/s1. The summed E-state index contributed by atoms with van der Waals surface area (Å²) in [6.07, 6.45) is 1.50. The minimum absolute atomic E-state index is 0.123. The Hall–Kier alpha value is -3.39. The second kappa shape index (κ2) is 7.32. The van der Waals surface area contributed by atoms with Crippen molar-refractivity contribution in [2.75, 3.05) is 11.4 Å². The summed E-state index contributed by atoms with van der Waals surface area (Å²) in [5.74, 6) is -0.459. The first-order valence-electron chi connectivity index (χ1n) is 8.66. The van der Waals surface area contributed by atoms with Crippen molar-refractivity contribution in [3.63, 3.8) is 0 Å². The molecule has 7 nitrogen and oxygen atoms in total. The number of anilines is 1. The molecule has 0 unspecified atom stereocenters. The first kappa shape index (κ1) is 18.0. The van der Waals surface area contributed by atoms with E-state index in [1.807, 2.05) is 6.07 Å². The fraction of sp³-hybridized carbons (Fsp3) is 0.150. The molecule has 1 aliphatic rings. The third-order valence-corrected chi connectivity index (χ3v) is 5.59. The molecule has 0 radical (unpaired) electrons. The number of hydrogen-bond donors (Lipinski definition) is 1. The maximum absolute atomic E-state index is 12.3. The van der Waals surface area contributed by atoms with Gasteiger partial charge in [0.15, 0.2) is 0 Å². The van der Waals surface area contributed by atoms with Gasteiger partial charge in [0.2, 0.25) is 0 Å². The Bertz CT molecular complexity index is 1090. The molecule has 2 aromatic heterocycles. The summed E-state index contributed by atoms with van der Waals surface area (Å²) in [5, 5.41) is 0. The molecule has 1 saturated heterocycles. The van der Waals surface area contributed by atoms with E-state index in [9.17, 15) is 14.4 Å². The largest absolute Gasteiger partial charge is 0.444 e. The molecule has 3 heterocycles. The Morgan fingerprint density at radius 3 is 2.50 bits per heavy atom. The predicted molar refractivity (Wildman–Crippen MR) is 106 cm³/mol. The van der Waals surface area contributed by atoms with E-state index in [-0.39, 0.29) is 11.7 Å². The van der Waals surface area contributed by atoms with E-state index in [0.29, 0.717) is 23.5 Å². The van der Waals surface area contributed by atoms with E-state index in [0.717, 1.165) is 10.6 Å². The maximum Gasteiger partial charge on any atom is 0.414 e. The molecule has 28 heavy (non-hydrogen) atoms. The molecule has 1 aliphatic heterocycles. The average molecular weight is 395 g/mol. The topological polar surface area (TPSA) is 94.6 Å². The van der Waals surface area contributed by atoms with Gasteiger partial charge in [-0.05, 0) is 42.5 Å². The molecular weight excluding hydrogens is 378 g/mol. The quantitative estimate of drug-likeness (QED) is 0.718. The summed E-state index contributed by atoms with van der Waals surface area (Å²) in [4.78, 5) is 38.4. The molecule has 0 aliphatic carbocycles. The van der Waals surface area contributed by atoms with Gasteiger partial charge in [0.05, 0.1) is 11.4 Å². The number of primary amides is 1. The summed E-state index contributed by atoms with van der Waals surface area (Å²) in [6.45, 7) is 0.410. The van der Waals surface area contributed by atoms with Crippen molar-refractivity contribution >= 4 is 29.0 Å². The molecule has 0 spiro atoms. The van der Waals surface area contributed by atoms with E-state index >= 15 is 0 Å². The summed E-state index contributed by atoms with van der Waals surface area (Å²) >= 11 is 1.31. The second-order valence-electron chi connectivity index (χ2n) is 6.38. The van der Waals surface area contributed by atoms with Crippen LogP contribution >= 0.6 is 11.3 Å². The number of cyclic esters (lactones) is 1. The van der Waals surface area contributed by atoms with Gasteiger partial charge in [-0.3, -0.25) is 19.1 Å². The highest BCUT2D eigenvalue weighted by Crippen LogP contribution is 2.26. The maximum atomic E-state index is 12.3. The highest BCUT2D eigenvalue weighted by Gasteiger charge is 2.32. The first-order chi connectivity index (χ1) is 13.5. The number of rotatable bonds is 5. The van der Waals surface area contributed by atoms with Gasteiger partial charge in [0.1, 0.15) is 6.10 Å². The molecule has 0 bridgehead atoms. The van der Waals surface area contributed by atoms with Crippen molar-refractivity contribution in [2.45, 2.75) is 12.5 Å². The minimum Gasteiger partial charge on any atom is -0.444 e. The molecule has 1 atom stereocenters. The number of ether oxygens (including phenoxy) is 1. The predicted octanol–water partition coefficient (Wildman–Crippen LogP) is 2.57. The van der Waals surface area contributed by atoms with Crippen LogP contribution in [0.25, 0.3) is 5.69 Å². The van der Waals surface area contributed by atoms with Crippen LogP contribution in [-0.4, -0.2) is 29.2 Å². The lowest BCUT2D eigenvalue weighted by Gasteiger charge is -2.14. The van der Waals surface area contributed by atoms with Crippen LogP contribution in [-0.2, 0) is 11.2 Å². The number of benzene rings is 1. The minimum atomic E-state index is -0.459. The number of carbonyl (C=O) groups excluding carboxylic acids is 2. The molecule has 2 N–H and O–H groups in total. The smallest absolute Gasteiger partial charge is 0.414 e. The van der Waals surface area contributed by atoms with Gasteiger partial charge >= 0.3 is 6.09 Å². The molecule has 8 heteroatoms. The fourth-order valence-electron chi connectivity index (χ4n) is 3.12. The molecule has 3 aromatic rings. The van der Waals surface area contributed by atoms with E-state index < -0.39 is 12.0 Å². The Kier molecular flexibility index (Phi) is 4.70. The summed E-state index contributed by atoms with van der Waals surface area (Å²) in [5.41, 5.74) is 6.57. The lowest BCUT2D eigenvalue weighted by molar-refractivity contribution is 0.100. The molecule has 142 valence electrons. The lowest BCUT2D eigenvalue weighted by Crippen LogP contribution is -2.25. The van der Waals surface area contributed by atoms with E-state index in [2.05, 4.69) is 0 Å². The molecule has 0 saturated carbocycles. The third-order valence-electron chi connectivity index (χ3n) is 4.47. The van der Waals surface area contributed by atoms with Crippen molar-refractivity contribution in [2.24, 2.45) is 5.73 Å². The van der Waals surface area contributed by atoms with Gasteiger partial charge in [0, 0.05) is 34.9 Å². The van der Waals surface area contributed by atoms with Gasteiger partial charge in [-0.2, -0.15) is 0 Å². The van der Waals surface area contributed by atoms with Crippen LogP contribution in [0.1, 0.15) is 14.5 Å². The van der Waals surface area contributed by atoms with Crippen LogP contribution in [0.5, 0.6) is 0 Å². The Labute approximate surface area is 164 Å². The van der Waals surface area contributed by atoms with E-state index in [1.165, 1.54) is 22.0 Å². The van der Waals surface area contributed by atoms with Crippen molar-refractivity contribution in [3.05, 3.63) is 80.9 Å². The number of hydrogen-bond acceptors (Lipinski definition) is 5. The number of amides is 2. The Morgan fingerprint density at radius 2 is 1.82 bits per heavy atom. The lowest BCUT2D eigenvalue weighted by atomic mass is 10.2. The summed E-state index contributed by atoms with van der Waals surface area (Å²) in [7, 11) is 0. The van der Waals surface area contributed by atoms with Crippen molar-refractivity contribution < 1.29 is 14.3 Å². The highest BCUT2D eigenvalue weighted by molar-refractivity contribution is 7.14. The van der Waals surface area contributed by atoms with Gasteiger partial charge < -0.3 is 10.5 Å². The number of thiophene rings is 1. The van der Waals surface area contributed by atoms with Crippen LogP contribution in [0.4, 0.5) is 10.5 Å². The second-order valence-corrected chi connectivity index (χ2v) is 7.54. The zero-order valence-corrected chi connectivity index (χ0v) is 15.6. The van der Waals surface area contributed by atoms with E-state index in [4.69, 9.17) is 10.5 Å². The number of pyridine rings is 1. The highest BCUT2D eigenvalue weighted by atomic mass is 32.1. The average Bonchev–Trinajstić information content (AvgIpc) is 3.29. The van der Waals surface area contributed by atoms with Gasteiger partial charge in [-0.25, -0.2) is 4.79 Å². The zero-order valence-electron chi connectivity index (χ0n) is 14.8.